The predicted molar refractivity (Wildman–Crippen MR) is 124 cm³/mol. The molecule has 1 aromatic carbocycles. The first-order valence-corrected chi connectivity index (χ1v) is 10.8. The predicted octanol–water partition coefficient (Wildman–Crippen LogP) is 3.43. The molecule has 3 aromatic rings. The van der Waals surface area contributed by atoms with Crippen LogP contribution >= 0.6 is 0 Å². The molecule has 0 bridgehead atoms. The maximum atomic E-state index is 15.3. The van der Waals surface area contributed by atoms with Gasteiger partial charge in [0.25, 0.3) is 0 Å². The molecule has 1 saturated carbocycles. The van der Waals surface area contributed by atoms with E-state index in [1.807, 2.05) is 6.92 Å². The number of benzene rings is 1. The Morgan fingerprint density at radius 1 is 1.27 bits per heavy atom. The summed E-state index contributed by atoms with van der Waals surface area (Å²) >= 11 is 0. The van der Waals surface area contributed by atoms with Crippen molar-refractivity contribution in [2.24, 2.45) is 0 Å². The van der Waals surface area contributed by atoms with Crippen LogP contribution < -0.4 is 26.4 Å². The lowest BCUT2D eigenvalue weighted by Crippen LogP contribution is -2.48. The molecule has 3 heterocycles. The van der Waals surface area contributed by atoms with Gasteiger partial charge in [0, 0.05) is 48.6 Å². The molecule has 172 valence electrons. The smallest absolute Gasteiger partial charge is 0.320 e. The molecule has 1 fully saturated rings. The van der Waals surface area contributed by atoms with Crippen LogP contribution in [0.1, 0.15) is 18.4 Å². The Labute approximate surface area is 189 Å². The number of carbonyl (C=O) groups excluding carboxylic acids is 1. The second-order valence-corrected chi connectivity index (χ2v) is 8.32. The van der Waals surface area contributed by atoms with Gasteiger partial charge in [-0.2, -0.15) is 0 Å². The van der Waals surface area contributed by atoms with Crippen molar-refractivity contribution in [1.29, 1.82) is 0 Å². The molecule has 2 aliphatic rings. The van der Waals surface area contributed by atoms with Gasteiger partial charge in [0.2, 0.25) is 5.88 Å². The Morgan fingerprint density at radius 2 is 2.09 bits per heavy atom. The van der Waals surface area contributed by atoms with Crippen LogP contribution in [0.25, 0.3) is 21.9 Å². The maximum absolute atomic E-state index is 15.3. The second-order valence-electron chi connectivity index (χ2n) is 8.32. The third-order valence-corrected chi connectivity index (χ3v) is 6.24. The first-order valence-electron chi connectivity index (χ1n) is 10.8. The second kappa shape index (κ2) is 8.36. The van der Waals surface area contributed by atoms with Gasteiger partial charge in [-0.25, -0.2) is 19.2 Å². The number of methoxy groups -OCH3 is 1. The molecule has 10 heteroatoms. The Kier molecular flexibility index (Phi) is 5.37. The standard InChI is InChI=1S/C23H25FN6O3/c1-11-16(9-28-22-21(11)26-3-4-33-22)15-5-12-6-18(27-10-17(12)20(25)19(15)24)30-23(31)29-13-7-14(8-13)32-2/h5-6,9-10,13-14,26H,3-4,7-8,25H2,1-2H3,(H2,27,29,30,31)/t13-,14-. The average Bonchev–Trinajstić information content (AvgIpc) is 2.79. The van der Waals surface area contributed by atoms with Crippen molar-refractivity contribution in [2.75, 3.05) is 36.6 Å². The number of halogens is 1. The average molecular weight is 452 g/mol. The summed E-state index contributed by atoms with van der Waals surface area (Å²) in [6.07, 6.45) is 4.80. The fraction of sp³-hybridized carbons (Fsp3) is 0.348. The number of nitrogen functional groups attached to an aromatic ring is 1. The number of nitrogens with zero attached hydrogens (tertiary/aromatic N) is 2. The molecule has 33 heavy (non-hydrogen) atoms. The molecule has 5 N–H and O–H groups in total. The number of pyridine rings is 2. The Balaban J connectivity index is 1.45. The van der Waals surface area contributed by atoms with Gasteiger partial charge in [-0.15, -0.1) is 0 Å². The highest BCUT2D eigenvalue weighted by Gasteiger charge is 2.30. The van der Waals surface area contributed by atoms with Gasteiger partial charge in [0.1, 0.15) is 18.1 Å². The van der Waals surface area contributed by atoms with Gasteiger partial charge in [0.05, 0.1) is 11.8 Å². The number of aromatic nitrogens is 2. The van der Waals surface area contributed by atoms with Crippen molar-refractivity contribution in [3.8, 4) is 17.0 Å². The SMILES string of the molecule is CO[C@H]1C[C@H](NC(=O)Nc2cc3cc(-c4cnc5c(c4C)NCCO5)c(F)c(N)c3cn2)C1. The molecule has 0 spiro atoms. The van der Waals surface area contributed by atoms with Gasteiger partial charge in [-0.05, 0) is 42.8 Å². The molecule has 0 radical (unpaired) electrons. The summed E-state index contributed by atoms with van der Waals surface area (Å²) < 4.78 is 26.1. The van der Waals surface area contributed by atoms with Gasteiger partial charge < -0.3 is 25.8 Å². The highest BCUT2D eigenvalue weighted by atomic mass is 19.1. The maximum Gasteiger partial charge on any atom is 0.320 e. The minimum Gasteiger partial charge on any atom is -0.474 e. The van der Waals surface area contributed by atoms with E-state index in [0.29, 0.717) is 46.7 Å². The van der Waals surface area contributed by atoms with Gasteiger partial charge in [-0.1, -0.05) is 0 Å². The number of ether oxygens (including phenoxy) is 2. The third kappa shape index (κ3) is 3.86. The van der Waals surface area contributed by atoms with Gasteiger partial charge in [-0.3, -0.25) is 5.32 Å². The number of hydrogen-bond donors (Lipinski definition) is 4. The molecule has 9 nitrogen and oxygen atoms in total. The van der Waals surface area contributed by atoms with E-state index in [1.54, 1.807) is 25.4 Å². The normalized spacial score (nSPS) is 19.1. The van der Waals surface area contributed by atoms with Crippen molar-refractivity contribution < 1.29 is 18.7 Å². The summed E-state index contributed by atoms with van der Waals surface area (Å²) in [4.78, 5) is 20.9. The number of fused-ring (bicyclic) bond motifs is 2. The number of urea groups is 1. The minimum atomic E-state index is -0.540. The molecule has 5 rings (SSSR count). The van der Waals surface area contributed by atoms with Crippen molar-refractivity contribution in [3.05, 3.63) is 35.9 Å². The molecule has 2 amide bonds. The summed E-state index contributed by atoms with van der Waals surface area (Å²) in [6, 6.07) is 3.09. The van der Waals surface area contributed by atoms with Crippen LogP contribution in [-0.4, -0.2) is 48.4 Å². The molecule has 1 aliphatic heterocycles. The van der Waals surface area contributed by atoms with E-state index in [0.717, 1.165) is 24.1 Å². The number of carbonyl (C=O) groups is 1. The van der Waals surface area contributed by atoms with Crippen molar-refractivity contribution in [2.45, 2.75) is 31.9 Å². The molecular formula is C23H25FN6O3. The Bertz CT molecular complexity index is 1240. The Hall–Kier alpha value is -3.66. The summed E-state index contributed by atoms with van der Waals surface area (Å²) in [5.41, 5.74) is 8.62. The molecule has 1 aliphatic carbocycles. The zero-order chi connectivity index (χ0) is 23.1. The number of rotatable bonds is 4. The topological polar surface area (TPSA) is 123 Å². The molecule has 2 aromatic heterocycles. The van der Waals surface area contributed by atoms with Crippen LogP contribution in [0.15, 0.2) is 24.5 Å². The monoisotopic (exact) mass is 452 g/mol. The fourth-order valence-electron chi connectivity index (χ4n) is 4.27. The fourth-order valence-corrected chi connectivity index (χ4v) is 4.27. The van der Waals surface area contributed by atoms with E-state index in [4.69, 9.17) is 15.2 Å². The highest BCUT2D eigenvalue weighted by Crippen LogP contribution is 2.39. The highest BCUT2D eigenvalue weighted by molar-refractivity contribution is 6.00. The lowest BCUT2D eigenvalue weighted by Gasteiger charge is -2.34. The number of amides is 2. The lowest BCUT2D eigenvalue weighted by molar-refractivity contribution is 0.0210. The largest absolute Gasteiger partial charge is 0.474 e. The summed E-state index contributed by atoms with van der Waals surface area (Å²) in [6.45, 7) is 3.06. The molecule has 0 saturated heterocycles. The number of nitrogens with one attached hydrogen (secondary N) is 3. The molecular weight excluding hydrogens is 427 g/mol. The summed E-state index contributed by atoms with van der Waals surface area (Å²) in [5.74, 6) is 0.304. The summed E-state index contributed by atoms with van der Waals surface area (Å²) in [7, 11) is 1.66. The van der Waals surface area contributed by atoms with Gasteiger partial charge >= 0.3 is 6.03 Å². The van der Waals surface area contributed by atoms with Crippen LogP contribution in [0.2, 0.25) is 0 Å². The number of hydrogen-bond acceptors (Lipinski definition) is 7. The molecule has 0 unspecified atom stereocenters. The van der Waals surface area contributed by atoms with Crippen molar-refractivity contribution in [1.82, 2.24) is 15.3 Å². The van der Waals surface area contributed by atoms with E-state index in [1.165, 1.54) is 6.20 Å². The van der Waals surface area contributed by atoms with Crippen molar-refractivity contribution in [3.63, 3.8) is 0 Å². The quantitative estimate of drug-likeness (QED) is 0.447. The van der Waals surface area contributed by atoms with E-state index >= 15 is 4.39 Å². The number of anilines is 3. The van der Waals surface area contributed by atoms with Crippen LogP contribution in [-0.2, 0) is 4.74 Å². The van der Waals surface area contributed by atoms with Crippen LogP contribution in [0.4, 0.5) is 26.4 Å². The van der Waals surface area contributed by atoms with E-state index in [9.17, 15) is 4.79 Å². The minimum absolute atomic E-state index is 0.00703. The first kappa shape index (κ1) is 21.2. The van der Waals surface area contributed by atoms with Crippen LogP contribution in [0, 0.1) is 12.7 Å². The van der Waals surface area contributed by atoms with Crippen molar-refractivity contribution >= 4 is 34.0 Å². The Morgan fingerprint density at radius 3 is 2.88 bits per heavy atom. The first-order chi connectivity index (χ1) is 15.9. The van der Waals surface area contributed by atoms with Gasteiger partial charge in [0.15, 0.2) is 5.82 Å². The van der Waals surface area contributed by atoms with Crippen LogP contribution in [0.5, 0.6) is 5.88 Å². The third-order valence-electron chi connectivity index (χ3n) is 6.24. The van der Waals surface area contributed by atoms with E-state index in [-0.39, 0.29) is 23.9 Å². The summed E-state index contributed by atoms with van der Waals surface area (Å²) in [5, 5.41) is 10.0. The zero-order valence-electron chi connectivity index (χ0n) is 18.4. The van der Waals surface area contributed by atoms with Crippen LogP contribution in [0.3, 0.4) is 0 Å². The van der Waals surface area contributed by atoms with E-state index in [2.05, 4.69) is 25.9 Å². The number of nitrogens with two attached hydrogens (primary N) is 1. The van der Waals surface area contributed by atoms with E-state index < -0.39 is 5.82 Å². The lowest BCUT2D eigenvalue weighted by atomic mass is 9.89. The zero-order valence-corrected chi connectivity index (χ0v) is 18.4. The molecule has 0 atom stereocenters.